The second kappa shape index (κ2) is 10.5. The van der Waals surface area contributed by atoms with Gasteiger partial charge in [-0.1, -0.05) is 107 Å². The highest BCUT2D eigenvalue weighted by Crippen LogP contribution is 2.48. The molecule has 0 aromatic heterocycles. The first-order chi connectivity index (χ1) is 15.6. The number of aryl methyl sites for hydroxylation is 1. The summed E-state index contributed by atoms with van der Waals surface area (Å²) in [7, 11) is -3.34. The second-order valence-electron chi connectivity index (χ2n) is 7.80. The van der Waals surface area contributed by atoms with E-state index in [1.165, 1.54) is 5.56 Å². The molecule has 4 rings (SSSR count). The Bertz CT molecular complexity index is 1150. The van der Waals surface area contributed by atoms with Gasteiger partial charge in [0.25, 0.3) is 0 Å². The van der Waals surface area contributed by atoms with Crippen molar-refractivity contribution < 1.29 is 9.09 Å². The highest BCUT2D eigenvalue weighted by atomic mass is 127. The maximum atomic E-state index is 14.5. The standard InChI is InChI=1S/C28H26IO2P/c1-22-17-18-28(27(21-22)26(19-20-29)23-11-5-2-6-12-23)31-32(30,24-13-7-3-8-14-24)25-15-9-4-10-16-25/h2-18,21,26H,19-20H2,1H3. The van der Waals surface area contributed by atoms with Gasteiger partial charge in [0, 0.05) is 15.9 Å². The highest BCUT2D eigenvalue weighted by molar-refractivity contribution is 14.1. The molecular formula is C28H26IO2P. The van der Waals surface area contributed by atoms with E-state index in [1.807, 2.05) is 78.9 Å². The third-order valence-electron chi connectivity index (χ3n) is 5.56. The molecule has 0 saturated heterocycles. The molecule has 4 aromatic carbocycles. The Morgan fingerprint density at radius 2 is 1.31 bits per heavy atom. The monoisotopic (exact) mass is 552 g/mol. The van der Waals surface area contributed by atoms with Crippen molar-refractivity contribution in [1.82, 2.24) is 0 Å². The quantitative estimate of drug-likeness (QED) is 0.131. The molecule has 162 valence electrons. The molecule has 0 spiro atoms. The second-order valence-corrected chi connectivity index (χ2v) is 11.2. The molecule has 0 radical (unpaired) electrons. The minimum atomic E-state index is -3.34. The summed E-state index contributed by atoms with van der Waals surface area (Å²) in [6.07, 6.45) is 0.978. The summed E-state index contributed by atoms with van der Waals surface area (Å²) in [6, 6.07) is 35.8. The predicted molar refractivity (Wildman–Crippen MR) is 143 cm³/mol. The van der Waals surface area contributed by atoms with Crippen LogP contribution in [0.4, 0.5) is 0 Å². The third-order valence-corrected chi connectivity index (χ3v) is 8.59. The molecule has 2 nitrogen and oxygen atoms in total. The van der Waals surface area contributed by atoms with Gasteiger partial charge in [-0.15, -0.1) is 0 Å². The fraction of sp³-hybridized carbons (Fsp3) is 0.143. The molecule has 0 amide bonds. The van der Waals surface area contributed by atoms with Crippen LogP contribution in [0.25, 0.3) is 0 Å². The number of rotatable bonds is 8. The Labute approximate surface area is 204 Å². The van der Waals surface area contributed by atoms with Gasteiger partial charge in [0.1, 0.15) is 5.75 Å². The largest absolute Gasteiger partial charge is 0.437 e. The van der Waals surface area contributed by atoms with Crippen molar-refractivity contribution in [2.24, 2.45) is 0 Å². The number of hydrogen-bond donors (Lipinski definition) is 0. The van der Waals surface area contributed by atoms with Crippen molar-refractivity contribution in [3.8, 4) is 5.75 Å². The van der Waals surface area contributed by atoms with Gasteiger partial charge in [0.15, 0.2) is 0 Å². The van der Waals surface area contributed by atoms with Crippen LogP contribution in [0.5, 0.6) is 5.75 Å². The van der Waals surface area contributed by atoms with Gasteiger partial charge >= 0.3 is 7.37 Å². The minimum absolute atomic E-state index is 0.169. The first-order valence-electron chi connectivity index (χ1n) is 10.7. The number of alkyl halides is 1. The summed E-state index contributed by atoms with van der Waals surface area (Å²) in [5, 5.41) is 1.39. The molecule has 0 aliphatic carbocycles. The third kappa shape index (κ3) is 5.00. The van der Waals surface area contributed by atoms with E-state index >= 15 is 0 Å². The lowest BCUT2D eigenvalue weighted by molar-refractivity contribution is 0.497. The summed E-state index contributed by atoms with van der Waals surface area (Å²) in [5.74, 6) is 0.855. The highest BCUT2D eigenvalue weighted by Gasteiger charge is 2.32. The molecule has 4 aromatic rings. The average Bonchev–Trinajstić information content (AvgIpc) is 2.85. The summed E-state index contributed by atoms with van der Waals surface area (Å²) >= 11 is 2.43. The summed E-state index contributed by atoms with van der Waals surface area (Å²) in [6.45, 7) is 2.09. The lowest BCUT2D eigenvalue weighted by atomic mass is 9.88. The van der Waals surface area contributed by atoms with Crippen molar-refractivity contribution in [3.05, 3.63) is 126 Å². The normalized spacial score (nSPS) is 12.3. The maximum Gasteiger partial charge on any atom is 0.306 e. The van der Waals surface area contributed by atoms with Gasteiger partial charge in [-0.25, -0.2) is 0 Å². The van der Waals surface area contributed by atoms with Crippen molar-refractivity contribution >= 4 is 40.6 Å². The Balaban J connectivity index is 1.85. The number of benzene rings is 4. The van der Waals surface area contributed by atoms with Crippen LogP contribution < -0.4 is 15.1 Å². The Morgan fingerprint density at radius 1 is 0.781 bits per heavy atom. The molecule has 0 fully saturated rings. The molecule has 0 aliphatic heterocycles. The van der Waals surface area contributed by atoms with Crippen molar-refractivity contribution in [2.75, 3.05) is 4.43 Å². The van der Waals surface area contributed by atoms with E-state index in [-0.39, 0.29) is 5.92 Å². The number of hydrogen-bond acceptors (Lipinski definition) is 2. The molecule has 0 aliphatic rings. The number of halogens is 1. The lowest BCUT2D eigenvalue weighted by Gasteiger charge is -2.25. The van der Waals surface area contributed by atoms with Crippen LogP contribution in [-0.4, -0.2) is 4.43 Å². The molecule has 0 saturated carbocycles. The average molecular weight is 552 g/mol. The predicted octanol–water partition coefficient (Wildman–Crippen LogP) is 7.26. The van der Waals surface area contributed by atoms with Crippen LogP contribution in [0.3, 0.4) is 0 Å². The van der Waals surface area contributed by atoms with E-state index in [1.54, 1.807) is 0 Å². The molecule has 32 heavy (non-hydrogen) atoms. The van der Waals surface area contributed by atoms with Crippen LogP contribution in [0.15, 0.2) is 109 Å². The van der Waals surface area contributed by atoms with Crippen LogP contribution in [-0.2, 0) is 4.57 Å². The van der Waals surface area contributed by atoms with Gasteiger partial charge in [0.2, 0.25) is 0 Å². The first kappa shape index (κ1) is 22.8. The molecule has 0 N–H and O–H groups in total. The first-order valence-corrected chi connectivity index (χ1v) is 13.9. The van der Waals surface area contributed by atoms with Crippen LogP contribution in [0.2, 0.25) is 0 Å². The molecule has 0 bridgehead atoms. The van der Waals surface area contributed by atoms with Crippen LogP contribution in [0.1, 0.15) is 29.0 Å². The maximum absolute atomic E-state index is 14.5. The van der Waals surface area contributed by atoms with E-state index in [0.29, 0.717) is 16.4 Å². The van der Waals surface area contributed by atoms with E-state index in [2.05, 4.69) is 59.8 Å². The summed E-state index contributed by atoms with van der Waals surface area (Å²) < 4.78 is 22.1. The van der Waals surface area contributed by atoms with Gasteiger partial charge in [-0.05, 0) is 49.2 Å². The Kier molecular flexibility index (Phi) is 7.49. The Hall–Kier alpha value is -2.36. The SMILES string of the molecule is Cc1ccc(OP(=O)(c2ccccc2)c2ccccc2)c(C(CCI)c2ccccc2)c1. The molecule has 1 unspecified atom stereocenters. The van der Waals surface area contributed by atoms with Crippen LogP contribution >= 0.6 is 30.0 Å². The van der Waals surface area contributed by atoms with E-state index in [0.717, 1.165) is 22.0 Å². The van der Waals surface area contributed by atoms with E-state index in [9.17, 15) is 4.57 Å². The fourth-order valence-corrected chi connectivity index (χ4v) is 6.67. The zero-order valence-corrected chi connectivity index (χ0v) is 21.1. The molecule has 0 heterocycles. The molecular weight excluding hydrogens is 526 g/mol. The summed E-state index contributed by atoms with van der Waals surface area (Å²) in [5.41, 5.74) is 3.49. The van der Waals surface area contributed by atoms with Gasteiger partial charge in [-0.2, -0.15) is 0 Å². The topological polar surface area (TPSA) is 26.3 Å². The smallest absolute Gasteiger partial charge is 0.306 e. The zero-order chi connectivity index (χ0) is 22.4. The minimum Gasteiger partial charge on any atom is -0.437 e. The van der Waals surface area contributed by atoms with Crippen molar-refractivity contribution in [1.29, 1.82) is 0 Å². The van der Waals surface area contributed by atoms with Crippen molar-refractivity contribution in [2.45, 2.75) is 19.3 Å². The fourth-order valence-electron chi connectivity index (χ4n) is 3.96. The van der Waals surface area contributed by atoms with Crippen LogP contribution in [0, 0.1) is 6.92 Å². The molecule has 4 heteroatoms. The Morgan fingerprint density at radius 3 is 1.84 bits per heavy atom. The van der Waals surface area contributed by atoms with Gasteiger partial charge in [0.05, 0.1) is 10.6 Å². The molecule has 1 atom stereocenters. The van der Waals surface area contributed by atoms with Crippen molar-refractivity contribution in [3.63, 3.8) is 0 Å². The van der Waals surface area contributed by atoms with Gasteiger partial charge in [-0.3, -0.25) is 4.57 Å². The lowest BCUT2D eigenvalue weighted by Crippen LogP contribution is -2.20. The van der Waals surface area contributed by atoms with E-state index < -0.39 is 7.37 Å². The summed E-state index contributed by atoms with van der Waals surface area (Å²) in [4.78, 5) is 0. The zero-order valence-electron chi connectivity index (χ0n) is 18.0. The van der Waals surface area contributed by atoms with Gasteiger partial charge < -0.3 is 4.52 Å². The van der Waals surface area contributed by atoms with E-state index in [4.69, 9.17) is 4.52 Å².